The first-order chi connectivity index (χ1) is 28.8. The largest absolute Gasteiger partial charge is 0.309 e. The number of hydrogen-bond acceptors (Lipinski definition) is 2. The minimum absolute atomic E-state index is 1.13. The highest BCUT2D eigenvalue weighted by Gasteiger charge is 2.22. The van der Waals surface area contributed by atoms with Gasteiger partial charge in [0, 0.05) is 71.6 Å². The molecule has 0 aliphatic rings. The number of hydrogen-bond donors (Lipinski definition) is 0. The van der Waals surface area contributed by atoms with Gasteiger partial charge in [0.15, 0.2) is 0 Å². The number of nitrogens with zero attached hydrogens (tertiary/aromatic N) is 4. The molecule has 0 fully saturated rings. The summed E-state index contributed by atoms with van der Waals surface area (Å²) in [5.74, 6) is 0. The van der Waals surface area contributed by atoms with Gasteiger partial charge in [-0.3, -0.25) is 4.98 Å². The van der Waals surface area contributed by atoms with Crippen LogP contribution in [-0.4, -0.2) is 18.7 Å². The monoisotopic (exact) mass is 756 g/mol. The molecule has 5 heterocycles. The average Bonchev–Trinajstić information content (AvgIpc) is 4.02. The molecule has 5 heteroatoms. The van der Waals surface area contributed by atoms with E-state index >= 15 is 0 Å². The van der Waals surface area contributed by atoms with Crippen molar-refractivity contribution in [2.45, 2.75) is 0 Å². The van der Waals surface area contributed by atoms with Gasteiger partial charge < -0.3 is 13.7 Å². The van der Waals surface area contributed by atoms with Crippen molar-refractivity contribution in [2.75, 3.05) is 0 Å². The molecule has 0 saturated carbocycles. The Morgan fingerprint density at radius 2 is 0.914 bits per heavy atom. The fourth-order valence-corrected chi connectivity index (χ4v) is 11.0. The predicted molar refractivity (Wildman–Crippen MR) is 246 cm³/mol. The van der Waals surface area contributed by atoms with Crippen molar-refractivity contribution < 1.29 is 0 Å². The summed E-state index contributed by atoms with van der Waals surface area (Å²) in [6.45, 7) is 0. The summed E-state index contributed by atoms with van der Waals surface area (Å²) in [7, 11) is 0. The molecule has 0 saturated heterocycles. The van der Waals surface area contributed by atoms with Gasteiger partial charge in [-0.05, 0) is 77.9 Å². The quantitative estimate of drug-likeness (QED) is 0.176. The van der Waals surface area contributed by atoms with Crippen LogP contribution in [0.1, 0.15) is 0 Å². The summed E-state index contributed by atoms with van der Waals surface area (Å²) in [5.41, 5.74) is 13.1. The van der Waals surface area contributed by atoms with Crippen molar-refractivity contribution in [2.24, 2.45) is 0 Å². The molecule has 0 N–H and O–H groups in total. The van der Waals surface area contributed by atoms with E-state index in [1.165, 1.54) is 86.0 Å². The average molecular weight is 757 g/mol. The normalized spacial score (nSPS) is 12.1. The van der Waals surface area contributed by atoms with Crippen LogP contribution < -0.4 is 0 Å². The number of benzene rings is 8. The van der Waals surface area contributed by atoms with Crippen LogP contribution >= 0.6 is 11.3 Å². The van der Waals surface area contributed by atoms with Crippen molar-refractivity contribution in [3.8, 4) is 28.2 Å². The molecule has 13 rings (SSSR count). The van der Waals surface area contributed by atoms with E-state index in [-0.39, 0.29) is 0 Å². The van der Waals surface area contributed by atoms with Crippen molar-refractivity contribution in [3.05, 3.63) is 194 Å². The van der Waals surface area contributed by atoms with Crippen molar-refractivity contribution in [1.82, 2.24) is 18.7 Å². The zero-order valence-corrected chi connectivity index (χ0v) is 32.0. The molecule has 0 amide bonds. The van der Waals surface area contributed by atoms with Gasteiger partial charge >= 0.3 is 0 Å². The molecule has 270 valence electrons. The zero-order valence-electron chi connectivity index (χ0n) is 31.2. The van der Waals surface area contributed by atoms with Gasteiger partial charge in [-0.2, -0.15) is 0 Å². The molecular weight excluding hydrogens is 725 g/mol. The first kappa shape index (κ1) is 31.7. The summed E-state index contributed by atoms with van der Waals surface area (Å²) in [6.07, 6.45) is 3.89. The van der Waals surface area contributed by atoms with Crippen molar-refractivity contribution in [3.63, 3.8) is 0 Å². The van der Waals surface area contributed by atoms with Gasteiger partial charge in [0.05, 0.1) is 43.5 Å². The first-order valence-electron chi connectivity index (χ1n) is 19.7. The van der Waals surface area contributed by atoms with Gasteiger partial charge in [0.2, 0.25) is 0 Å². The Morgan fingerprint density at radius 1 is 0.345 bits per heavy atom. The molecule has 0 aliphatic heterocycles. The molecule has 0 radical (unpaired) electrons. The Balaban J connectivity index is 1.09. The maximum absolute atomic E-state index is 4.58. The third-order valence-corrected chi connectivity index (χ3v) is 13.4. The van der Waals surface area contributed by atoms with Crippen LogP contribution in [0.2, 0.25) is 0 Å². The maximum atomic E-state index is 4.58. The summed E-state index contributed by atoms with van der Waals surface area (Å²) in [5, 5.41) is 9.86. The van der Waals surface area contributed by atoms with Crippen LogP contribution in [0.25, 0.3) is 114 Å². The summed E-state index contributed by atoms with van der Waals surface area (Å²) in [4.78, 5) is 4.58. The Bertz CT molecular complexity index is 3790. The minimum Gasteiger partial charge on any atom is -0.309 e. The third kappa shape index (κ3) is 4.36. The second-order valence-corrected chi connectivity index (χ2v) is 16.2. The number of pyridine rings is 1. The van der Waals surface area contributed by atoms with Gasteiger partial charge in [-0.25, -0.2) is 0 Å². The molecule has 8 aromatic carbocycles. The second-order valence-electron chi connectivity index (χ2n) is 15.2. The van der Waals surface area contributed by atoms with E-state index in [9.17, 15) is 0 Å². The zero-order chi connectivity index (χ0) is 37.9. The van der Waals surface area contributed by atoms with Crippen LogP contribution in [0.4, 0.5) is 0 Å². The van der Waals surface area contributed by atoms with Crippen LogP contribution in [0, 0.1) is 0 Å². The highest BCUT2D eigenvalue weighted by Crippen LogP contribution is 2.45. The Morgan fingerprint density at radius 3 is 1.69 bits per heavy atom. The van der Waals surface area contributed by atoms with E-state index in [1.54, 1.807) is 0 Å². The van der Waals surface area contributed by atoms with Crippen LogP contribution in [0.5, 0.6) is 0 Å². The molecule has 0 atom stereocenters. The van der Waals surface area contributed by atoms with Gasteiger partial charge in [0.25, 0.3) is 0 Å². The van der Waals surface area contributed by atoms with Gasteiger partial charge in [0.1, 0.15) is 0 Å². The molecular formula is C53H32N4S. The standard InChI is InChI=1S/C53H32N4S/c1-3-13-33(14-4-1)36-19-11-20-39-40-21-12-24-49(53(40)58-52(36)39)57-46-23-10-8-18-38(46)43-30-50-42(31-51(43)57)37-17-7-9-22-45(37)56(50)35-25-26-47-41(29-35)44-32-54-28-27-48(44)55(47)34-15-5-2-6-16-34/h1-32H. The number of para-hydroxylation sites is 3. The van der Waals surface area contributed by atoms with Crippen LogP contribution in [-0.2, 0) is 0 Å². The van der Waals surface area contributed by atoms with E-state index in [0.717, 1.165) is 27.8 Å². The molecule has 0 spiro atoms. The number of rotatable bonds is 4. The van der Waals surface area contributed by atoms with Crippen molar-refractivity contribution in [1.29, 1.82) is 0 Å². The van der Waals surface area contributed by atoms with Gasteiger partial charge in [-0.15, -0.1) is 11.3 Å². The summed E-state index contributed by atoms with van der Waals surface area (Å²) < 4.78 is 9.92. The Labute approximate surface area is 336 Å². The fraction of sp³-hybridized carbons (Fsp3) is 0. The minimum atomic E-state index is 1.13. The summed E-state index contributed by atoms with van der Waals surface area (Å²) in [6, 6.07) is 66.6. The van der Waals surface area contributed by atoms with E-state index in [0.29, 0.717) is 0 Å². The Kier molecular flexibility index (Phi) is 6.57. The molecule has 0 unspecified atom stereocenters. The van der Waals surface area contributed by atoms with Crippen molar-refractivity contribution >= 4 is 96.9 Å². The second kappa shape index (κ2) is 12.0. The van der Waals surface area contributed by atoms with Gasteiger partial charge in [-0.1, -0.05) is 115 Å². The lowest BCUT2D eigenvalue weighted by Crippen LogP contribution is -1.96. The summed E-state index contributed by atoms with van der Waals surface area (Å²) >= 11 is 1.90. The number of aromatic nitrogens is 4. The smallest absolute Gasteiger partial charge is 0.0640 e. The molecule has 4 nitrogen and oxygen atoms in total. The lowest BCUT2D eigenvalue weighted by molar-refractivity contribution is 1.16. The van der Waals surface area contributed by atoms with Crippen LogP contribution in [0.15, 0.2) is 194 Å². The third-order valence-electron chi connectivity index (χ3n) is 12.1. The van der Waals surface area contributed by atoms with Crippen LogP contribution in [0.3, 0.4) is 0 Å². The van der Waals surface area contributed by atoms with E-state index in [4.69, 9.17) is 0 Å². The SMILES string of the molecule is c1ccc(-c2cccc3c2sc2c(-n4c5ccccc5c5cc6c(cc54)c4ccccc4n6-c4ccc5c(c4)c4cnccc4n5-c4ccccc4)cccc23)cc1. The van der Waals surface area contributed by atoms with E-state index in [1.807, 2.05) is 23.7 Å². The predicted octanol–water partition coefficient (Wildman–Crippen LogP) is 14.4. The van der Waals surface area contributed by atoms with E-state index < -0.39 is 0 Å². The maximum Gasteiger partial charge on any atom is 0.0640 e. The number of thiophene rings is 1. The lowest BCUT2D eigenvalue weighted by Gasteiger charge is -2.11. The Hall–Kier alpha value is -7.47. The highest BCUT2D eigenvalue weighted by molar-refractivity contribution is 7.26. The topological polar surface area (TPSA) is 27.7 Å². The molecule has 5 aromatic heterocycles. The molecule has 13 aromatic rings. The highest BCUT2D eigenvalue weighted by atomic mass is 32.1. The fourth-order valence-electron chi connectivity index (χ4n) is 9.64. The lowest BCUT2D eigenvalue weighted by atomic mass is 10.0. The first-order valence-corrected chi connectivity index (χ1v) is 20.5. The van der Waals surface area contributed by atoms with E-state index in [2.05, 4.69) is 201 Å². The molecule has 0 aliphatic carbocycles. The number of fused-ring (bicyclic) bond motifs is 12. The molecule has 0 bridgehead atoms. The molecule has 58 heavy (non-hydrogen) atoms.